The number of thioether (sulfide) groups is 1. The van der Waals surface area contributed by atoms with Gasteiger partial charge in [0.1, 0.15) is 5.54 Å². The molecule has 0 heterocycles. The molecule has 0 radical (unpaired) electrons. The SMILES string of the molecule is CCC(C)SCCCC(C#N)(CC)NC1CC1. The Balaban J connectivity index is 2.26. The van der Waals surface area contributed by atoms with Crippen molar-refractivity contribution in [3.8, 4) is 6.07 Å². The molecule has 0 aromatic heterocycles. The summed E-state index contributed by atoms with van der Waals surface area (Å²) < 4.78 is 0. The maximum Gasteiger partial charge on any atom is 0.106 e. The second-order valence-electron chi connectivity index (χ2n) is 5.16. The lowest BCUT2D eigenvalue weighted by molar-refractivity contribution is 0.367. The van der Waals surface area contributed by atoms with Crippen LogP contribution < -0.4 is 5.32 Å². The van der Waals surface area contributed by atoms with Crippen LogP contribution in [0.25, 0.3) is 0 Å². The smallest absolute Gasteiger partial charge is 0.106 e. The number of nitrogens with zero attached hydrogens (tertiary/aromatic N) is 1. The summed E-state index contributed by atoms with van der Waals surface area (Å²) in [6.07, 6.45) is 6.82. The van der Waals surface area contributed by atoms with E-state index < -0.39 is 0 Å². The lowest BCUT2D eigenvalue weighted by Gasteiger charge is -2.26. The van der Waals surface area contributed by atoms with Crippen molar-refractivity contribution >= 4 is 11.8 Å². The number of nitriles is 1. The summed E-state index contributed by atoms with van der Waals surface area (Å²) in [6, 6.07) is 3.14. The lowest BCUT2D eigenvalue weighted by atomic mass is 9.92. The van der Waals surface area contributed by atoms with Crippen LogP contribution in [0.4, 0.5) is 0 Å². The molecule has 2 atom stereocenters. The Labute approximate surface area is 111 Å². The summed E-state index contributed by atoms with van der Waals surface area (Å²) in [6.45, 7) is 6.64. The van der Waals surface area contributed by atoms with E-state index in [1.54, 1.807) is 0 Å². The van der Waals surface area contributed by atoms with Crippen LogP contribution in [0.3, 0.4) is 0 Å². The van der Waals surface area contributed by atoms with Gasteiger partial charge in [-0.2, -0.15) is 17.0 Å². The first-order valence-electron chi connectivity index (χ1n) is 6.96. The van der Waals surface area contributed by atoms with Gasteiger partial charge in [-0.05, 0) is 44.3 Å². The number of nitrogens with one attached hydrogen (secondary N) is 1. The van der Waals surface area contributed by atoms with E-state index in [1.165, 1.54) is 25.0 Å². The first-order chi connectivity index (χ1) is 8.15. The Hall–Kier alpha value is -0.200. The highest BCUT2D eigenvalue weighted by Crippen LogP contribution is 2.27. The standard InChI is InChI=1S/C14H26N2S/c1-4-12(3)17-10-6-9-14(5-2,11-15)16-13-7-8-13/h12-13,16H,4-10H2,1-3H3. The van der Waals surface area contributed by atoms with Crippen LogP contribution in [0.1, 0.15) is 59.3 Å². The summed E-state index contributed by atoms with van der Waals surface area (Å²) in [5, 5.41) is 13.7. The lowest BCUT2D eigenvalue weighted by Crippen LogP contribution is -2.44. The van der Waals surface area contributed by atoms with Crippen molar-refractivity contribution < 1.29 is 0 Å². The second kappa shape index (κ2) is 7.28. The zero-order valence-corrected chi connectivity index (χ0v) is 12.3. The molecule has 1 aliphatic carbocycles. The van der Waals surface area contributed by atoms with Gasteiger partial charge in [-0.15, -0.1) is 0 Å². The zero-order chi connectivity index (χ0) is 12.7. The van der Waals surface area contributed by atoms with Crippen LogP contribution in [0, 0.1) is 11.3 Å². The molecule has 0 saturated heterocycles. The van der Waals surface area contributed by atoms with Gasteiger partial charge in [0.15, 0.2) is 0 Å². The molecule has 0 bridgehead atoms. The largest absolute Gasteiger partial charge is 0.297 e. The van der Waals surface area contributed by atoms with Crippen molar-refractivity contribution in [3.05, 3.63) is 0 Å². The van der Waals surface area contributed by atoms with Crippen LogP contribution in [-0.2, 0) is 0 Å². The molecular formula is C14H26N2S. The average molecular weight is 254 g/mol. The van der Waals surface area contributed by atoms with Crippen molar-refractivity contribution in [2.75, 3.05) is 5.75 Å². The van der Waals surface area contributed by atoms with Gasteiger partial charge in [0.2, 0.25) is 0 Å². The Morgan fingerprint density at radius 2 is 2.18 bits per heavy atom. The summed E-state index contributed by atoms with van der Waals surface area (Å²) >= 11 is 2.04. The van der Waals surface area contributed by atoms with Gasteiger partial charge in [-0.1, -0.05) is 20.8 Å². The molecule has 0 aromatic carbocycles. The third-order valence-corrected chi connectivity index (χ3v) is 5.03. The van der Waals surface area contributed by atoms with E-state index in [0.29, 0.717) is 6.04 Å². The minimum atomic E-state index is -0.253. The number of hydrogen-bond acceptors (Lipinski definition) is 3. The molecule has 17 heavy (non-hydrogen) atoms. The fraction of sp³-hybridized carbons (Fsp3) is 0.929. The minimum Gasteiger partial charge on any atom is -0.297 e. The maximum absolute atomic E-state index is 9.39. The zero-order valence-electron chi connectivity index (χ0n) is 11.5. The molecule has 1 fully saturated rings. The molecule has 1 aliphatic rings. The van der Waals surface area contributed by atoms with Gasteiger partial charge in [-0.25, -0.2) is 0 Å². The van der Waals surface area contributed by atoms with Crippen molar-refractivity contribution in [1.29, 1.82) is 5.26 Å². The Kier molecular flexibility index (Phi) is 6.37. The summed E-state index contributed by atoms with van der Waals surface area (Å²) in [7, 11) is 0. The van der Waals surface area contributed by atoms with Crippen LogP contribution in [-0.4, -0.2) is 22.6 Å². The predicted octanol–water partition coefficient (Wildman–Crippen LogP) is 3.72. The molecule has 0 aromatic rings. The second-order valence-corrected chi connectivity index (χ2v) is 6.71. The fourth-order valence-electron chi connectivity index (χ4n) is 1.91. The van der Waals surface area contributed by atoms with E-state index in [9.17, 15) is 5.26 Å². The summed E-state index contributed by atoms with van der Waals surface area (Å²) in [5.74, 6) is 1.19. The van der Waals surface area contributed by atoms with E-state index in [-0.39, 0.29) is 5.54 Å². The van der Waals surface area contributed by atoms with Gasteiger partial charge in [0.25, 0.3) is 0 Å². The predicted molar refractivity (Wildman–Crippen MR) is 76.2 cm³/mol. The molecule has 2 unspecified atom stereocenters. The van der Waals surface area contributed by atoms with Crippen molar-refractivity contribution in [3.63, 3.8) is 0 Å². The van der Waals surface area contributed by atoms with E-state index in [4.69, 9.17) is 0 Å². The van der Waals surface area contributed by atoms with Crippen LogP contribution >= 0.6 is 11.8 Å². The number of hydrogen-bond donors (Lipinski definition) is 1. The van der Waals surface area contributed by atoms with Crippen LogP contribution in [0.2, 0.25) is 0 Å². The topological polar surface area (TPSA) is 35.8 Å². The van der Waals surface area contributed by atoms with E-state index in [0.717, 1.165) is 24.5 Å². The van der Waals surface area contributed by atoms with Gasteiger partial charge < -0.3 is 0 Å². The molecule has 0 aliphatic heterocycles. The molecular weight excluding hydrogens is 228 g/mol. The van der Waals surface area contributed by atoms with E-state index >= 15 is 0 Å². The molecule has 0 spiro atoms. The van der Waals surface area contributed by atoms with Gasteiger partial charge in [0, 0.05) is 11.3 Å². The van der Waals surface area contributed by atoms with Crippen molar-refractivity contribution in [2.24, 2.45) is 0 Å². The van der Waals surface area contributed by atoms with Crippen molar-refractivity contribution in [1.82, 2.24) is 5.32 Å². The molecule has 1 saturated carbocycles. The van der Waals surface area contributed by atoms with Crippen molar-refractivity contribution in [2.45, 2.75) is 76.1 Å². The first-order valence-corrected chi connectivity index (χ1v) is 8.01. The van der Waals surface area contributed by atoms with Gasteiger partial charge >= 0.3 is 0 Å². The first kappa shape index (κ1) is 14.9. The fourth-order valence-corrected chi connectivity index (χ4v) is 2.86. The average Bonchev–Trinajstić information content (AvgIpc) is 3.16. The van der Waals surface area contributed by atoms with Crippen LogP contribution in [0.5, 0.6) is 0 Å². The molecule has 2 nitrogen and oxygen atoms in total. The third-order valence-electron chi connectivity index (χ3n) is 3.60. The van der Waals surface area contributed by atoms with Crippen LogP contribution in [0.15, 0.2) is 0 Å². The normalized spacial score (nSPS) is 20.6. The minimum absolute atomic E-state index is 0.253. The molecule has 98 valence electrons. The van der Waals surface area contributed by atoms with E-state index in [2.05, 4.69) is 32.2 Å². The molecule has 1 rings (SSSR count). The molecule has 1 N–H and O–H groups in total. The highest BCUT2D eigenvalue weighted by molar-refractivity contribution is 7.99. The quantitative estimate of drug-likeness (QED) is 0.637. The highest BCUT2D eigenvalue weighted by atomic mass is 32.2. The monoisotopic (exact) mass is 254 g/mol. The summed E-state index contributed by atoms with van der Waals surface area (Å²) in [5.41, 5.74) is -0.253. The number of rotatable bonds is 9. The van der Waals surface area contributed by atoms with Gasteiger partial charge in [0.05, 0.1) is 6.07 Å². The third kappa shape index (κ3) is 5.31. The molecule has 3 heteroatoms. The van der Waals surface area contributed by atoms with Gasteiger partial charge in [-0.3, -0.25) is 5.32 Å². The maximum atomic E-state index is 9.39. The summed E-state index contributed by atoms with van der Waals surface area (Å²) in [4.78, 5) is 0. The highest BCUT2D eigenvalue weighted by Gasteiger charge is 2.34. The van der Waals surface area contributed by atoms with E-state index in [1.807, 2.05) is 11.8 Å². The Bertz CT molecular complexity index is 257. The molecule has 0 amide bonds. The Morgan fingerprint density at radius 3 is 2.65 bits per heavy atom. The Morgan fingerprint density at radius 1 is 1.47 bits per heavy atom.